The molecular weight excluding hydrogens is 284 g/mol. The highest BCUT2D eigenvalue weighted by Crippen LogP contribution is 2.24. The molecule has 0 spiro atoms. The molecule has 2 rings (SSSR count). The number of carbonyl (C=O) groups excluding carboxylic acids is 1. The van der Waals surface area contributed by atoms with E-state index in [2.05, 4.69) is 5.32 Å². The van der Waals surface area contributed by atoms with Gasteiger partial charge in [-0.15, -0.1) is 11.3 Å². The SMILES string of the molecule is Nc1cccc(C(=O)NCCc2ccc(Cl)s2)c1O. The Kier molecular flexibility index (Phi) is 4.29. The van der Waals surface area contributed by atoms with Crippen molar-refractivity contribution in [2.75, 3.05) is 12.3 Å². The molecule has 6 heteroatoms. The molecule has 0 saturated carbocycles. The topological polar surface area (TPSA) is 75.4 Å². The van der Waals surface area contributed by atoms with Gasteiger partial charge in [-0.3, -0.25) is 4.79 Å². The quantitative estimate of drug-likeness (QED) is 0.600. The summed E-state index contributed by atoms with van der Waals surface area (Å²) in [6.07, 6.45) is 0.701. The molecule has 1 amide bonds. The second kappa shape index (κ2) is 5.95. The molecule has 0 aliphatic heterocycles. The van der Waals surface area contributed by atoms with Crippen molar-refractivity contribution < 1.29 is 9.90 Å². The van der Waals surface area contributed by atoms with E-state index in [0.717, 1.165) is 9.21 Å². The molecule has 19 heavy (non-hydrogen) atoms. The first-order valence-electron chi connectivity index (χ1n) is 5.68. The minimum atomic E-state index is -0.340. The number of phenols is 1. The molecule has 2 aromatic rings. The van der Waals surface area contributed by atoms with Crippen LogP contribution in [0.25, 0.3) is 0 Å². The maximum atomic E-state index is 11.9. The van der Waals surface area contributed by atoms with Gasteiger partial charge in [-0.05, 0) is 30.7 Å². The van der Waals surface area contributed by atoms with Gasteiger partial charge in [0.1, 0.15) is 0 Å². The third-order valence-corrected chi connectivity index (χ3v) is 3.89. The van der Waals surface area contributed by atoms with Crippen LogP contribution in [0.5, 0.6) is 5.75 Å². The van der Waals surface area contributed by atoms with Crippen LogP contribution in [0.3, 0.4) is 0 Å². The molecule has 1 aromatic carbocycles. The van der Waals surface area contributed by atoms with Crippen LogP contribution in [-0.2, 0) is 6.42 Å². The average molecular weight is 297 g/mol. The maximum absolute atomic E-state index is 11.9. The number of nitrogens with two attached hydrogens (primary N) is 1. The first kappa shape index (κ1) is 13.7. The molecule has 1 aromatic heterocycles. The van der Waals surface area contributed by atoms with Gasteiger partial charge in [-0.1, -0.05) is 17.7 Å². The van der Waals surface area contributed by atoms with Crippen LogP contribution in [0.2, 0.25) is 4.34 Å². The van der Waals surface area contributed by atoms with Crippen LogP contribution < -0.4 is 11.1 Å². The van der Waals surface area contributed by atoms with Crippen molar-refractivity contribution in [3.05, 3.63) is 45.1 Å². The summed E-state index contributed by atoms with van der Waals surface area (Å²) in [4.78, 5) is 13.0. The predicted octanol–water partition coefficient (Wildman–Crippen LogP) is 2.66. The number of nitrogen functional groups attached to an aromatic ring is 1. The fraction of sp³-hybridized carbons (Fsp3) is 0.154. The molecule has 1 heterocycles. The molecule has 0 saturated heterocycles. The zero-order chi connectivity index (χ0) is 13.8. The minimum absolute atomic E-state index is 0.181. The number of halogens is 1. The Balaban J connectivity index is 1.93. The van der Waals surface area contributed by atoms with Crippen molar-refractivity contribution >= 4 is 34.5 Å². The van der Waals surface area contributed by atoms with E-state index >= 15 is 0 Å². The lowest BCUT2D eigenvalue weighted by molar-refractivity contribution is 0.0951. The van der Waals surface area contributed by atoms with E-state index in [4.69, 9.17) is 17.3 Å². The Labute approximate surface area is 119 Å². The van der Waals surface area contributed by atoms with E-state index in [0.29, 0.717) is 13.0 Å². The summed E-state index contributed by atoms with van der Waals surface area (Å²) in [6.45, 7) is 0.476. The van der Waals surface area contributed by atoms with Gasteiger partial charge >= 0.3 is 0 Å². The number of thiophene rings is 1. The van der Waals surface area contributed by atoms with Crippen molar-refractivity contribution in [1.82, 2.24) is 5.32 Å². The first-order valence-corrected chi connectivity index (χ1v) is 6.87. The van der Waals surface area contributed by atoms with Crippen LogP contribution in [-0.4, -0.2) is 17.6 Å². The van der Waals surface area contributed by atoms with E-state index in [1.165, 1.54) is 17.4 Å². The fourth-order valence-electron chi connectivity index (χ4n) is 1.63. The van der Waals surface area contributed by atoms with Gasteiger partial charge in [0.15, 0.2) is 5.75 Å². The molecule has 0 fully saturated rings. The van der Waals surface area contributed by atoms with Crippen molar-refractivity contribution in [3.63, 3.8) is 0 Å². The summed E-state index contributed by atoms with van der Waals surface area (Å²) < 4.78 is 0.731. The third-order valence-electron chi connectivity index (χ3n) is 2.60. The second-order valence-corrected chi connectivity index (χ2v) is 5.75. The standard InChI is InChI=1S/C13H13ClN2O2S/c14-11-5-4-8(19-11)6-7-16-13(18)9-2-1-3-10(15)12(9)17/h1-5,17H,6-7,15H2,(H,16,18). The molecular formula is C13H13ClN2O2S. The summed E-state index contributed by atoms with van der Waals surface area (Å²) in [5, 5.41) is 12.4. The van der Waals surface area contributed by atoms with Gasteiger partial charge in [0.2, 0.25) is 0 Å². The largest absolute Gasteiger partial charge is 0.505 e. The number of carbonyl (C=O) groups is 1. The van der Waals surface area contributed by atoms with Gasteiger partial charge in [0.25, 0.3) is 5.91 Å². The molecule has 0 atom stereocenters. The maximum Gasteiger partial charge on any atom is 0.255 e. The number of para-hydroxylation sites is 1. The highest BCUT2D eigenvalue weighted by atomic mass is 35.5. The van der Waals surface area contributed by atoms with Crippen molar-refractivity contribution in [2.45, 2.75) is 6.42 Å². The Morgan fingerprint density at radius 2 is 2.16 bits per heavy atom. The van der Waals surface area contributed by atoms with Crippen molar-refractivity contribution in [1.29, 1.82) is 0 Å². The molecule has 4 N–H and O–H groups in total. The Morgan fingerprint density at radius 3 is 2.84 bits per heavy atom. The van der Waals surface area contributed by atoms with E-state index in [1.54, 1.807) is 12.1 Å². The number of nitrogens with one attached hydrogen (secondary N) is 1. The number of benzene rings is 1. The highest BCUT2D eigenvalue weighted by Gasteiger charge is 2.12. The van der Waals surface area contributed by atoms with Crippen LogP contribution >= 0.6 is 22.9 Å². The minimum Gasteiger partial charge on any atom is -0.505 e. The number of hydrogen-bond donors (Lipinski definition) is 3. The molecule has 4 nitrogen and oxygen atoms in total. The summed E-state index contributed by atoms with van der Waals surface area (Å²) in [6, 6.07) is 8.45. The summed E-state index contributed by atoms with van der Waals surface area (Å²) in [7, 11) is 0. The van der Waals surface area contributed by atoms with Crippen LogP contribution in [0, 0.1) is 0 Å². The second-order valence-electron chi connectivity index (χ2n) is 3.96. The monoisotopic (exact) mass is 296 g/mol. The van der Waals surface area contributed by atoms with Gasteiger partial charge < -0.3 is 16.2 Å². The number of amides is 1. The summed E-state index contributed by atoms with van der Waals surface area (Å²) in [5.41, 5.74) is 5.91. The lowest BCUT2D eigenvalue weighted by atomic mass is 10.1. The molecule has 0 unspecified atom stereocenters. The zero-order valence-electron chi connectivity index (χ0n) is 10.0. The van der Waals surface area contributed by atoms with Gasteiger partial charge in [0, 0.05) is 11.4 Å². The first-order chi connectivity index (χ1) is 9.08. The molecule has 0 radical (unpaired) electrons. The van der Waals surface area contributed by atoms with Gasteiger partial charge in [-0.25, -0.2) is 0 Å². The molecule has 0 bridgehead atoms. The number of aromatic hydroxyl groups is 1. The van der Waals surface area contributed by atoms with Crippen LogP contribution in [0.1, 0.15) is 15.2 Å². The number of hydrogen-bond acceptors (Lipinski definition) is 4. The molecule has 100 valence electrons. The molecule has 0 aliphatic rings. The van der Waals surface area contributed by atoms with E-state index in [-0.39, 0.29) is 22.9 Å². The smallest absolute Gasteiger partial charge is 0.255 e. The van der Waals surface area contributed by atoms with Crippen molar-refractivity contribution in [2.24, 2.45) is 0 Å². The van der Waals surface area contributed by atoms with Crippen LogP contribution in [0.15, 0.2) is 30.3 Å². The average Bonchev–Trinajstić information content (AvgIpc) is 2.78. The van der Waals surface area contributed by atoms with Gasteiger partial charge in [0.05, 0.1) is 15.6 Å². The lowest BCUT2D eigenvalue weighted by Gasteiger charge is -2.07. The predicted molar refractivity (Wildman–Crippen MR) is 77.9 cm³/mol. The van der Waals surface area contributed by atoms with E-state index in [1.807, 2.05) is 12.1 Å². The highest BCUT2D eigenvalue weighted by molar-refractivity contribution is 7.16. The number of phenolic OH excluding ortho intramolecular Hbond substituents is 1. The Hall–Kier alpha value is -1.72. The third kappa shape index (κ3) is 3.39. The lowest BCUT2D eigenvalue weighted by Crippen LogP contribution is -2.25. The summed E-state index contributed by atoms with van der Waals surface area (Å²) in [5.74, 6) is -0.522. The Morgan fingerprint density at radius 1 is 1.37 bits per heavy atom. The van der Waals surface area contributed by atoms with Gasteiger partial charge in [-0.2, -0.15) is 0 Å². The molecule has 0 aliphatic carbocycles. The van der Waals surface area contributed by atoms with E-state index in [9.17, 15) is 9.90 Å². The van der Waals surface area contributed by atoms with Crippen molar-refractivity contribution in [3.8, 4) is 5.75 Å². The number of rotatable bonds is 4. The zero-order valence-corrected chi connectivity index (χ0v) is 11.6. The Bertz CT molecular complexity index is 598. The number of anilines is 1. The van der Waals surface area contributed by atoms with E-state index < -0.39 is 0 Å². The van der Waals surface area contributed by atoms with Crippen LogP contribution in [0.4, 0.5) is 5.69 Å². The normalized spacial score (nSPS) is 10.4. The summed E-state index contributed by atoms with van der Waals surface area (Å²) >= 11 is 7.31. The fourth-order valence-corrected chi connectivity index (χ4v) is 2.71.